The molecule has 112 valence electrons. The van der Waals surface area contributed by atoms with Crippen molar-refractivity contribution in [1.29, 1.82) is 0 Å². The summed E-state index contributed by atoms with van der Waals surface area (Å²) in [7, 11) is 2.09. The van der Waals surface area contributed by atoms with Crippen LogP contribution in [0.15, 0.2) is 6.20 Å². The Labute approximate surface area is 122 Å². The van der Waals surface area contributed by atoms with Crippen LogP contribution in [0.2, 0.25) is 0 Å². The number of ether oxygens (including phenoxy) is 1. The van der Waals surface area contributed by atoms with Gasteiger partial charge in [-0.15, -0.1) is 0 Å². The van der Waals surface area contributed by atoms with Gasteiger partial charge >= 0.3 is 0 Å². The summed E-state index contributed by atoms with van der Waals surface area (Å²) in [5.74, 6) is 0.986. The van der Waals surface area contributed by atoms with E-state index >= 15 is 0 Å². The van der Waals surface area contributed by atoms with Gasteiger partial charge in [0, 0.05) is 39.4 Å². The lowest BCUT2D eigenvalue weighted by Gasteiger charge is -2.36. The molecule has 1 aliphatic heterocycles. The van der Waals surface area contributed by atoms with Crippen LogP contribution in [-0.2, 0) is 4.74 Å². The molecule has 0 aromatic carbocycles. The first-order valence-electron chi connectivity index (χ1n) is 7.35. The number of aromatic nitrogens is 2. The van der Waals surface area contributed by atoms with Crippen LogP contribution < -0.4 is 4.90 Å². The van der Waals surface area contributed by atoms with Crippen molar-refractivity contribution in [3.63, 3.8) is 0 Å². The molecule has 1 aliphatic rings. The van der Waals surface area contributed by atoms with E-state index in [0.717, 1.165) is 43.4 Å². The first-order valence-corrected chi connectivity index (χ1v) is 7.35. The molecule has 0 saturated carbocycles. The molecular formula is C15H26N4O. The largest absolute Gasteiger partial charge is 0.373 e. The Kier molecular flexibility index (Phi) is 4.94. The summed E-state index contributed by atoms with van der Waals surface area (Å²) in [5, 5.41) is 0. The molecule has 20 heavy (non-hydrogen) atoms. The highest BCUT2D eigenvalue weighted by Gasteiger charge is 2.22. The number of hydrogen-bond acceptors (Lipinski definition) is 5. The normalized spacial score (nSPS) is 23.9. The lowest BCUT2D eigenvalue weighted by Crippen LogP contribution is -2.47. The topological polar surface area (TPSA) is 41.5 Å². The Morgan fingerprint density at radius 3 is 2.60 bits per heavy atom. The molecule has 0 aliphatic carbocycles. The molecule has 2 atom stereocenters. The SMILES string of the molecule is Cc1cnc(C)c(N(C)CCN2C[C@@H](C)O[C@@H](C)C2)n1. The summed E-state index contributed by atoms with van der Waals surface area (Å²) in [6.07, 6.45) is 2.46. The van der Waals surface area contributed by atoms with Crippen LogP contribution in [0, 0.1) is 13.8 Å². The van der Waals surface area contributed by atoms with Gasteiger partial charge in [-0.3, -0.25) is 9.88 Å². The maximum atomic E-state index is 5.77. The molecule has 1 aromatic heterocycles. The maximum Gasteiger partial charge on any atom is 0.150 e. The first kappa shape index (κ1) is 15.2. The van der Waals surface area contributed by atoms with E-state index in [1.54, 1.807) is 0 Å². The third-order valence-electron chi connectivity index (χ3n) is 3.66. The standard InChI is InChI=1S/C15H26N4O/c1-11-8-16-14(4)15(17-11)18(5)6-7-19-9-12(2)20-13(3)10-19/h8,12-13H,6-7,9-10H2,1-5H3/t12-,13+. The summed E-state index contributed by atoms with van der Waals surface area (Å²) in [6, 6.07) is 0. The second kappa shape index (κ2) is 6.50. The van der Waals surface area contributed by atoms with Gasteiger partial charge in [-0.05, 0) is 27.7 Å². The van der Waals surface area contributed by atoms with Crippen molar-refractivity contribution in [2.24, 2.45) is 0 Å². The highest BCUT2D eigenvalue weighted by molar-refractivity contribution is 5.42. The maximum absolute atomic E-state index is 5.77. The van der Waals surface area contributed by atoms with Crippen LogP contribution in [0.5, 0.6) is 0 Å². The third-order valence-corrected chi connectivity index (χ3v) is 3.66. The fourth-order valence-electron chi connectivity index (χ4n) is 2.75. The van der Waals surface area contributed by atoms with Crippen LogP contribution >= 0.6 is 0 Å². The van der Waals surface area contributed by atoms with Gasteiger partial charge in [0.1, 0.15) is 5.82 Å². The van der Waals surface area contributed by atoms with Gasteiger partial charge < -0.3 is 9.64 Å². The van der Waals surface area contributed by atoms with Crippen LogP contribution in [0.25, 0.3) is 0 Å². The van der Waals surface area contributed by atoms with E-state index in [9.17, 15) is 0 Å². The van der Waals surface area contributed by atoms with Crippen molar-refractivity contribution >= 4 is 5.82 Å². The molecule has 2 rings (SSSR count). The van der Waals surface area contributed by atoms with Crippen LogP contribution in [0.3, 0.4) is 0 Å². The number of aryl methyl sites for hydroxylation is 2. The van der Waals surface area contributed by atoms with E-state index in [1.807, 2.05) is 20.0 Å². The van der Waals surface area contributed by atoms with Gasteiger partial charge in [-0.25, -0.2) is 4.98 Å². The van der Waals surface area contributed by atoms with E-state index in [0.29, 0.717) is 12.2 Å². The Morgan fingerprint density at radius 1 is 1.30 bits per heavy atom. The van der Waals surface area contributed by atoms with Crippen molar-refractivity contribution in [3.05, 3.63) is 17.6 Å². The van der Waals surface area contributed by atoms with Gasteiger partial charge in [0.05, 0.1) is 23.6 Å². The van der Waals surface area contributed by atoms with Crippen molar-refractivity contribution in [3.8, 4) is 0 Å². The highest BCUT2D eigenvalue weighted by Crippen LogP contribution is 2.14. The summed E-state index contributed by atoms with van der Waals surface area (Å²) < 4.78 is 5.77. The van der Waals surface area contributed by atoms with E-state index < -0.39 is 0 Å². The Bertz CT molecular complexity index is 441. The molecule has 0 bridgehead atoms. The molecule has 0 radical (unpaired) electrons. The average Bonchev–Trinajstić information content (AvgIpc) is 2.38. The van der Waals surface area contributed by atoms with Gasteiger partial charge in [0.25, 0.3) is 0 Å². The minimum atomic E-state index is 0.324. The molecule has 0 unspecified atom stereocenters. The zero-order valence-electron chi connectivity index (χ0n) is 13.3. The lowest BCUT2D eigenvalue weighted by molar-refractivity contribution is -0.0670. The van der Waals surface area contributed by atoms with Gasteiger partial charge in [-0.2, -0.15) is 0 Å². The Morgan fingerprint density at radius 2 is 1.95 bits per heavy atom. The van der Waals surface area contributed by atoms with E-state index in [-0.39, 0.29) is 0 Å². The number of nitrogens with zero attached hydrogens (tertiary/aromatic N) is 4. The fraction of sp³-hybridized carbons (Fsp3) is 0.733. The van der Waals surface area contributed by atoms with Gasteiger partial charge in [0.15, 0.2) is 0 Å². The molecular weight excluding hydrogens is 252 g/mol. The van der Waals surface area contributed by atoms with Crippen LogP contribution in [0.1, 0.15) is 25.2 Å². The molecule has 0 amide bonds. The molecule has 2 heterocycles. The lowest BCUT2D eigenvalue weighted by atomic mass is 10.2. The van der Waals surface area contributed by atoms with Crippen molar-refractivity contribution in [2.75, 3.05) is 38.1 Å². The molecule has 0 spiro atoms. The summed E-state index contributed by atoms with van der Waals surface area (Å²) in [6.45, 7) is 12.3. The number of anilines is 1. The minimum absolute atomic E-state index is 0.324. The predicted octanol–water partition coefficient (Wildman–Crippen LogP) is 1.64. The summed E-state index contributed by atoms with van der Waals surface area (Å²) >= 11 is 0. The second-order valence-electron chi connectivity index (χ2n) is 5.86. The number of likely N-dealkylation sites (N-methyl/N-ethyl adjacent to an activating group) is 1. The van der Waals surface area contributed by atoms with Crippen LogP contribution in [-0.4, -0.2) is 60.3 Å². The molecule has 0 N–H and O–H groups in total. The molecule has 1 aromatic rings. The first-order chi connectivity index (χ1) is 9.45. The highest BCUT2D eigenvalue weighted by atomic mass is 16.5. The van der Waals surface area contributed by atoms with Crippen molar-refractivity contribution < 1.29 is 4.74 Å². The Hall–Kier alpha value is -1.20. The van der Waals surface area contributed by atoms with Crippen molar-refractivity contribution in [1.82, 2.24) is 14.9 Å². The predicted molar refractivity (Wildman–Crippen MR) is 81.2 cm³/mol. The quantitative estimate of drug-likeness (QED) is 0.837. The third kappa shape index (κ3) is 3.90. The van der Waals surface area contributed by atoms with E-state index in [1.165, 1.54) is 0 Å². The smallest absolute Gasteiger partial charge is 0.150 e. The zero-order chi connectivity index (χ0) is 14.7. The monoisotopic (exact) mass is 278 g/mol. The minimum Gasteiger partial charge on any atom is -0.373 e. The van der Waals surface area contributed by atoms with Gasteiger partial charge in [-0.1, -0.05) is 0 Å². The summed E-state index contributed by atoms with van der Waals surface area (Å²) in [4.78, 5) is 13.6. The second-order valence-corrected chi connectivity index (χ2v) is 5.86. The molecule has 1 fully saturated rings. The molecule has 5 heteroatoms. The van der Waals surface area contributed by atoms with E-state index in [2.05, 4.69) is 40.7 Å². The van der Waals surface area contributed by atoms with Crippen LogP contribution in [0.4, 0.5) is 5.82 Å². The van der Waals surface area contributed by atoms with Gasteiger partial charge in [0.2, 0.25) is 0 Å². The molecule has 5 nitrogen and oxygen atoms in total. The number of hydrogen-bond donors (Lipinski definition) is 0. The number of rotatable bonds is 4. The van der Waals surface area contributed by atoms with Crippen molar-refractivity contribution in [2.45, 2.75) is 39.9 Å². The fourth-order valence-corrected chi connectivity index (χ4v) is 2.75. The zero-order valence-corrected chi connectivity index (χ0v) is 13.3. The summed E-state index contributed by atoms with van der Waals surface area (Å²) in [5.41, 5.74) is 1.95. The Balaban J connectivity index is 1.91. The van der Waals surface area contributed by atoms with E-state index in [4.69, 9.17) is 4.74 Å². The molecule has 1 saturated heterocycles. The average molecular weight is 278 g/mol. The number of morpholine rings is 1.